The Labute approximate surface area is 161 Å². The van der Waals surface area contributed by atoms with Crippen LogP contribution in [0.4, 0.5) is 5.69 Å². The Morgan fingerprint density at radius 1 is 1.26 bits per heavy atom. The minimum absolute atomic E-state index is 0.00309. The average Bonchev–Trinajstić information content (AvgIpc) is 3.36. The van der Waals surface area contributed by atoms with Crippen molar-refractivity contribution in [2.24, 2.45) is 17.3 Å². The van der Waals surface area contributed by atoms with Gasteiger partial charge in [0.1, 0.15) is 9.84 Å². The maximum Gasteiger partial charge on any atom is 0.227 e. The SMILES string of the molecule is CC[C@H](C)C(=O)Nc1cccc(CNC(=O)[C@@H]2CC23CCS(=O)(=O)CC3)c1. The highest BCUT2D eigenvalue weighted by Crippen LogP contribution is 2.59. The predicted octanol–water partition coefficient (Wildman–Crippen LogP) is 2.50. The number of sulfone groups is 1. The molecule has 0 aromatic heterocycles. The molecular weight excluding hydrogens is 364 g/mol. The van der Waals surface area contributed by atoms with Crippen LogP contribution in [-0.4, -0.2) is 31.7 Å². The van der Waals surface area contributed by atoms with Gasteiger partial charge in [-0.3, -0.25) is 9.59 Å². The minimum Gasteiger partial charge on any atom is -0.352 e. The summed E-state index contributed by atoms with van der Waals surface area (Å²) in [5.41, 5.74) is 1.56. The van der Waals surface area contributed by atoms with Crippen LogP contribution >= 0.6 is 0 Å². The van der Waals surface area contributed by atoms with Gasteiger partial charge in [-0.05, 0) is 48.8 Å². The lowest BCUT2D eigenvalue weighted by atomic mass is 9.96. The van der Waals surface area contributed by atoms with Gasteiger partial charge in [-0.15, -0.1) is 0 Å². The van der Waals surface area contributed by atoms with Crippen LogP contribution in [-0.2, 0) is 26.0 Å². The van der Waals surface area contributed by atoms with Crippen LogP contribution in [0, 0.1) is 17.3 Å². The van der Waals surface area contributed by atoms with Crippen LogP contribution in [0.25, 0.3) is 0 Å². The molecule has 1 aliphatic heterocycles. The summed E-state index contributed by atoms with van der Waals surface area (Å²) in [6, 6.07) is 7.48. The Hall–Kier alpha value is -1.89. The van der Waals surface area contributed by atoms with Gasteiger partial charge in [-0.1, -0.05) is 26.0 Å². The number of carbonyl (C=O) groups is 2. The molecule has 1 heterocycles. The lowest BCUT2D eigenvalue weighted by Crippen LogP contribution is -2.31. The molecule has 1 aliphatic carbocycles. The lowest BCUT2D eigenvalue weighted by Gasteiger charge is -2.22. The number of benzene rings is 1. The quantitative estimate of drug-likeness (QED) is 0.778. The van der Waals surface area contributed by atoms with Gasteiger partial charge in [-0.2, -0.15) is 0 Å². The number of nitrogens with one attached hydrogen (secondary N) is 2. The van der Waals surface area contributed by atoms with Gasteiger partial charge in [0.15, 0.2) is 0 Å². The summed E-state index contributed by atoms with van der Waals surface area (Å²) in [7, 11) is -2.91. The van der Waals surface area contributed by atoms with Gasteiger partial charge in [0.05, 0.1) is 11.5 Å². The molecule has 1 spiro atoms. The fourth-order valence-corrected chi connectivity index (χ4v) is 5.38. The monoisotopic (exact) mass is 392 g/mol. The second-order valence-corrected chi connectivity index (χ2v) is 10.3. The number of carbonyl (C=O) groups excluding carboxylic acids is 2. The van der Waals surface area contributed by atoms with E-state index in [2.05, 4.69) is 10.6 Å². The van der Waals surface area contributed by atoms with Crippen LogP contribution in [0.2, 0.25) is 0 Å². The Bertz CT molecular complexity index is 820. The molecule has 7 heteroatoms. The van der Waals surface area contributed by atoms with Gasteiger partial charge in [0.25, 0.3) is 0 Å². The fraction of sp³-hybridized carbons (Fsp3) is 0.600. The molecule has 1 saturated heterocycles. The molecular formula is C20H28N2O4S. The molecule has 2 aliphatic rings. The number of rotatable bonds is 6. The van der Waals surface area contributed by atoms with E-state index in [4.69, 9.17) is 0 Å². The van der Waals surface area contributed by atoms with E-state index in [-0.39, 0.29) is 40.6 Å². The van der Waals surface area contributed by atoms with E-state index in [0.717, 1.165) is 24.1 Å². The highest BCUT2D eigenvalue weighted by atomic mass is 32.2. The van der Waals surface area contributed by atoms with E-state index in [1.165, 1.54) is 0 Å². The van der Waals surface area contributed by atoms with Gasteiger partial charge in [0.2, 0.25) is 11.8 Å². The summed E-state index contributed by atoms with van der Waals surface area (Å²) in [6.07, 6.45) is 2.78. The molecule has 6 nitrogen and oxygen atoms in total. The molecule has 0 bridgehead atoms. The van der Waals surface area contributed by atoms with Crippen molar-refractivity contribution >= 4 is 27.3 Å². The van der Waals surface area contributed by atoms with E-state index in [1.807, 2.05) is 38.1 Å². The minimum atomic E-state index is -2.91. The Balaban J connectivity index is 1.51. The van der Waals surface area contributed by atoms with E-state index < -0.39 is 9.84 Å². The molecule has 0 unspecified atom stereocenters. The molecule has 27 heavy (non-hydrogen) atoms. The van der Waals surface area contributed by atoms with Gasteiger partial charge in [-0.25, -0.2) is 8.42 Å². The summed E-state index contributed by atoms with van der Waals surface area (Å²) in [4.78, 5) is 24.5. The van der Waals surface area contributed by atoms with Crippen molar-refractivity contribution < 1.29 is 18.0 Å². The van der Waals surface area contributed by atoms with E-state index >= 15 is 0 Å². The summed E-state index contributed by atoms with van der Waals surface area (Å²) < 4.78 is 23.2. The van der Waals surface area contributed by atoms with Crippen molar-refractivity contribution in [3.05, 3.63) is 29.8 Å². The van der Waals surface area contributed by atoms with Crippen molar-refractivity contribution in [1.29, 1.82) is 0 Å². The summed E-state index contributed by atoms with van der Waals surface area (Å²) >= 11 is 0. The van der Waals surface area contributed by atoms with Gasteiger partial charge < -0.3 is 10.6 Å². The van der Waals surface area contributed by atoms with E-state index in [9.17, 15) is 18.0 Å². The molecule has 2 amide bonds. The number of hydrogen-bond donors (Lipinski definition) is 2. The smallest absolute Gasteiger partial charge is 0.227 e. The zero-order valence-electron chi connectivity index (χ0n) is 16.0. The molecule has 1 aromatic carbocycles. The van der Waals surface area contributed by atoms with Crippen LogP contribution in [0.1, 0.15) is 45.1 Å². The number of anilines is 1. The zero-order chi connectivity index (χ0) is 19.7. The van der Waals surface area contributed by atoms with Gasteiger partial charge >= 0.3 is 0 Å². The molecule has 2 N–H and O–H groups in total. The summed E-state index contributed by atoms with van der Waals surface area (Å²) in [5.74, 6) is 0.290. The standard InChI is InChI=1S/C20H28N2O4S/c1-3-14(2)18(23)22-16-6-4-5-15(11-16)13-21-19(24)17-12-20(17)7-9-27(25,26)10-8-20/h4-6,11,14,17H,3,7-10,12-13H2,1-2H3,(H,21,24)(H,22,23)/t14-,17-/m0/s1. The third-order valence-corrected chi connectivity index (χ3v) is 7.70. The second kappa shape index (κ2) is 7.62. The molecule has 0 radical (unpaired) electrons. The highest BCUT2D eigenvalue weighted by molar-refractivity contribution is 7.91. The fourth-order valence-electron chi connectivity index (χ4n) is 3.74. The largest absolute Gasteiger partial charge is 0.352 e. The second-order valence-electron chi connectivity index (χ2n) is 7.99. The van der Waals surface area contributed by atoms with Crippen LogP contribution < -0.4 is 10.6 Å². The number of amides is 2. The highest BCUT2D eigenvalue weighted by Gasteiger charge is 2.59. The summed E-state index contributed by atoms with van der Waals surface area (Å²) in [6.45, 7) is 4.26. The first-order valence-corrected chi connectivity index (χ1v) is 11.4. The zero-order valence-corrected chi connectivity index (χ0v) is 16.8. The Morgan fingerprint density at radius 2 is 1.96 bits per heavy atom. The third-order valence-electron chi connectivity index (χ3n) is 6.05. The summed E-state index contributed by atoms with van der Waals surface area (Å²) in [5, 5.41) is 5.87. The maximum absolute atomic E-state index is 12.5. The van der Waals surface area contributed by atoms with Crippen LogP contribution in [0.5, 0.6) is 0 Å². The Morgan fingerprint density at radius 3 is 2.63 bits per heavy atom. The lowest BCUT2D eigenvalue weighted by molar-refractivity contribution is -0.123. The molecule has 148 valence electrons. The topological polar surface area (TPSA) is 92.3 Å². The third kappa shape index (κ3) is 4.69. The normalized spacial score (nSPS) is 23.4. The Kier molecular flexibility index (Phi) is 5.60. The van der Waals surface area contributed by atoms with Crippen molar-refractivity contribution in [2.45, 2.75) is 46.1 Å². The molecule has 2 fully saturated rings. The first-order valence-electron chi connectivity index (χ1n) is 9.63. The van der Waals surface area contributed by atoms with Crippen LogP contribution in [0.3, 0.4) is 0 Å². The average molecular weight is 393 g/mol. The van der Waals surface area contributed by atoms with E-state index in [1.54, 1.807) is 0 Å². The molecule has 1 saturated carbocycles. The molecule has 2 atom stereocenters. The van der Waals surface area contributed by atoms with Crippen molar-refractivity contribution in [3.8, 4) is 0 Å². The first kappa shape index (κ1) is 19.9. The molecule has 3 rings (SSSR count). The molecule has 1 aromatic rings. The van der Waals surface area contributed by atoms with Gasteiger partial charge in [0, 0.05) is 24.1 Å². The number of hydrogen-bond acceptors (Lipinski definition) is 4. The van der Waals surface area contributed by atoms with Crippen molar-refractivity contribution in [2.75, 3.05) is 16.8 Å². The van der Waals surface area contributed by atoms with Crippen molar-refractivity contribution in [1.82, 2.24) is 5.32 Å². The first-order chi connectivity index (χ1) is 12.7. The van der Waals surface area contributed by atoms with Crippen molar-refractivity contribution in [3.63, 3.8) is 0 Å². The predicted molar refractivity (Wildman–Crippen MR) is 105 cm³/mol. The maximum atomic E-state index is 12.5. The van der Waals surface area contributed by atoms with E-state index in [0.29, 0.717) is 19.4 Å². The van der Waals surface area contributed by atoms with Crippen LogP contribution in [0.15, 0.2) is 24.3 Å².